The predicted octanol–water partition coefficient (Wildman–Crippen LogP) is 3.60. The van der Waals surface area contributed by atoms with E-state index in [1.54, 1.807) is 13.2 Å². The molecule has 5 N–H and O–H groups in total. The quantitative estimate of drug-likeness (QED) is 0.340. The molecule has 3 aromatic rings. The molecule has 0 spiro atoms. The number of rotatable bonds is 7. The Kier molecular flexibility index (Phi) is 6.70. The van der Waals surface area contributed by atoms with E-state index in [2.05, 4.69) is 42.4 Å². The van der Waals surface area contributed by atoms with Gasteiger partial charge in [0.15, 0.2) is 11.6 Å². The number of nitrogens with one attached hydrogen (secondary N) is 2. The summed E-state index contributed by atoms with van der Waals surface area (Å²) in [5, 5.41) is 16.4. The van der Waals surface area contributed by atoms with E-state index in [1.807, 2.05) is 6.07 Å². The van der Waals surface area contributed by atoms with E-state index < -0.39 is 17.2 Å². The fourth-order valence-electron chi connectivity index (χ4n) is 5.39. The van der Waals surface area contributed by atoms with Gasteiger partial charge in [-0.15, -0.1) is 0 Å². The van der Waals surface area contributed by atoms with Gasteiger partial charge in [-0.1, -0.05) is 0 Å². The second kappa shape index (κ2) is 9.84. The summed E-state index contributed by atoms with van der Waals surface area (Å²) in [6, 6.07) is 6.04. The lowest BCUT2D eigenvalue weighted by molar-refractivity contribution is 0.0789. The van der Waals surface area contributed by atoms with Crippen molar-refractivity contribution in [2.24, 2.45) is 5.92 Å². The number of anilines is 6. The molecule has 202 valence electrons. The number of aliphatic hydroxyl groups is 1. The summed E-state index contributed by atoms with van der Waals surface area (Å²) in [7, 11) is 3.72. The number of fused-ring (bicyclic) bond motifs is 1. The number of nitrogens with zero attached hydrogens (tertiary/aromatic N) is 5. The second-order valence-corrected chi connectivity index (χ2v) is 10.4. The number of hydrogen-bond acceptors (Lipinski definition) is 10. The Balaban J connectivity index is 1.40. The molecule has 0 amide bonds. The number of benzene rings is 2. The third-order valence-corrected chi connectivity index (χ3v) is 7.17. The highest BCUT2D eigenvalue weighted by molar-refractivity contribution is 5.80. The first kappa shape index (κ1) is 25.9. The van der Waals surface area contributed by atoms with Crippen molar-refractivity contribution in [2.45, 2.75) is 31.9 Å². The molecule has 2 fully saturated rings. The Morgan fingerprint density at radius 2 is 1.74 bits per heavy atom. The van der Waals surface area contributed by atoms with Crippen LogP contribution in [0.4, 0.5) is 43.4 Å². The van der Waals surface area contributed by atoms with Gasteiger partial charge in [-0.3, -0.25) is 0 Å². The van der Waals surface area contributed by atoms with Crippen molar-refractivity contribution < 1.29 is 18.6 Å². The van der Waals surface area contributed by atoms with E-state index in [0.29, 0.717) is 29.1 Å². The van der Waals surface area contributed by atoms with Crippen molar-refractivity contribution in [1.82, 2.24) is 19.9 Å². The van der Waals surface area contributed by atoms with E-state index in [1.165, 1.54) is 20.2 Å². The third-order valence-electron chi connectivity index (χ3n) is 7.17. The average Bonchev–Trinajstić information content (AvgIpc) is 3.40. The Bertz CT molecular complexity index is 1350. The van der Waals surface area contributed by atoms with Gasteiger partial charge >= 0.3 is 0 Å². The highest BCUT2D eigenvalue weighted by Crippen LogP contribution is 2.42. The van der Waals surface area contributed by atoms with Crippen LogP contribution >= 0.6 is 0 Å². The summed E-state index contributed by atoms with van der Waals surface area (Å²) in [5.41, 5.74) is 7.44. The zero-order valence-electron chi connectivity index (χ0n) is 21.8. The molecular weight excluding hydrogens is 494 g/mol. The number of aromatic nitrogens is 3. The van der Waals surface area contributed by atoms with Gasteiger partial charge in [0.2, 0.25) is 11.9 Å². The molecule has 0 aliphatic carbocycles. The van der Waals surface area contributed by atoms with Crippen molar-refractivity contribution in [1.29, 1.82) is 0 Å². The van der Waals surface area contributed by atoms with Crippen molar-refractivity contribution in [3.8, 4) is 5.75 Å². The zero-order chi connectivity index (χ0) is 27.2. The SMILES string of the molecule is COc1cc(N2CC[C@@H]3CN(C)C[C@@H]32)c(N)cc1Nc1ncnc(Nc2cc(F)c(F)cc2C(C)(C)O)n1. The molecule has 2 aromatic carbocycles. The van der Waals surface area contributed by atoms with Gasteiger partial charge in [0.05, 0.1) is 35.5 Å². The smallest absolute Gasteiger partial charge is 0.232 e. The standard InChI is InChI=1S/C26H32F2N8O2/c1-26(2,37)15-7-16(27)17(28)8-19(15)32-24-30-13-31-25(34-24)33-20-9-18(29)21(10-23(20)38-4)36-6-5-14-11-35(3)12-22(14)36/h7-10,13-14,22,37H,5-6,11-12,29H2,1-4H3,(H2,30,31,32,33,34)/t14-,22+/m1/s1. The molecule has 10 nitrogen and oxygen atoms in total. The topological polar surface area (TPSA) is 125 Å². The number of methoxy groups -OCH3 is 1. The molecule has 3 heterocycles. The monoisotopic (exact) mass is 526 g/mol. The molecule has 5 rings (SSSR count). The van der Waals surface area contributed by atoms with Gasteiger partial charge in [-0.05, 0) is 45.4 Å². The van der Waals surface area contributed by atoms with E-state index in [9.17, 15) is 13.9 Å². The first-order chi connectivity index (χ1) is 18.0. The number of halogens is 2. The molecule has 2 aliphatic heterocycles. The number of hydrogen-bond donors (Lipinski definition) is 4. The van der Waals surface area contributed by atoms with Crippen LogP contribution in [0.3, 0.4) is 0 Å². The van der Waals surface area contributed by atoms with E-state index >= 15 is 0 Å². The summed E-state index contributed by atoms with van der Waals surface area (Å²) in [6.45, 7) is 5.98. The van der Waals surface area contributed by atoms with Crippen molar-refractivity contribution in [3.63, 3.8) is 0 Å². The summed E-state index contributed by atoms with van der Waals surface area (Å²) < 4.78 is 33.5. The van der Waals surface area contributed by atoms with Gasteiger partial charge in [-0.2, -0.15) is 4.98 Å². The van der Waals surface area contributed by atoms with Gasteiger partial charge in [0, 0.05) is 43.4 Å². The molecule has 0 saturated carbocycles. The Hall–Kier alpha value is -3.77. The summed E-state index contributed by atoms with van der Waals surface area (Å²) in [6.07, 6.45) is 2.40. The van der Waals surface area contributed by atoms with Crippen LogP contribution in [0.15, 0.2) is 30.6 Å². The molecule has 12 heteroatoms. The van der Waals surface area contributed by atoms with Gasteiger partial charge in [0.1, 0.15) is 12.1 Å². The van der Waals surface area contributed by atoms with Gasteiger partial charge in [0.25, 0.3) is 0 Å². The fraction of sp³-hybridized carbons (Fsp3) is 0.423. The number of nitrogens with two attached hydrogens (primary N) is 1. The van der Waals surface area contributed by atoms with E-state index in [0.717, 1.165) is 43.9 Å². The maximum Gasteiger partial charge on any atom is 0.232 e. The first-order valence-electron chi connectivity index (χ1n) is 12.4. The normalized spacial score (nSPS) is 19.5. The second-order valence-electron chi connectivity index (χ2n) is 10.4. The van der Waals surface area contributed by atoms with E-state index in [4.69, 9.17) is 10.5 Å². The number of nitrogen functional groups attached to an aromatic ring is 1. The van der Waals surface area contributed by atoms with Crippen LogP contribution in [-0.4, -0.2) is 64.8 Å². The highest BCUT2D eigenvalue weighted by atomic mass is 19.2. The van der Waals surface area contributed by atoms with Crippen LogP contribution in [-0.2, 0) is 5.60 Å². The van der Waals surface area contributed by atoms with Crippen LogP contribution in [0, 0.1) is 17.6 Å². The molecule has 0 radical (unpaired) electrons. The zero-order valence-corrected chi connectivity index (χ0v) is 21.8. The lowest BCUT2D eigenvalue weighted by Gasteiger charge is -2.28. The van der Waals surface area contributed by atoms with Crippen LogP contribution in [0.25, 0.3) is 0 Å². The van der Waals surface area contributed by atoms with Crippen molar-refractivity contribution >= 4 is 34.6 Å². The average molecular weight is 527 g/mol. The molecule has 0 bridgehead atoms. The van der Waals surface area contributed by atoms with Crippen LogP contribution in [0.2, 0.25) is 0 Å². The Labute approximate surface area is 219 Å². The lowest BCUT2D eigenvalue weighted by atomic mass is 9.96. The minimum atomic E-state index is -1.44. The predicted molar refractivity (Wildman–Crippen MR) is 142 cm³/mol. The van der Waals surface area contributed by atoms with E-state index in [-0.39, 0.29) is 23.1 Å². The number of likely N-dealkylation sites (N-methyl/N-ethyl adjacent to an activating group) is 1. The maximum absolute atomic E-state index is 14.0. The largest absolute Gasteiger partial charge is 0.494 e. The molecule has 0 unspecified atom stereocenters. The van der Waals surface area contributed by atoms with Crippen LogP contribution in [0.5, 0.6) is 5.75 Å². The summed E-state index contributed by atoms with van der Waals surface area (Å²) >= 11 is 0. The summed E-state index contributed by atoms with van der Waals surface area (Å²) in [4.78, 5) is 17.3. The molecule has 2 atom stereocenters. The Morgan fingerprint density at radius 3 is 2.42 bits per heavy atom. The first-order valence-corrected chi connectivity index (χ1v) is 12.4. The van der Waals surface area contributed by atoms with Crippen molar-refractivity contribution in [3.05, 3.63) is 47.8 Å². The van der Waals surface area contributed by atoms with Crippen LogP contribution < -0.4 is 26.0 Å². The van der Waals surface area contributed by atoms with Crippen molar-refractivity contribution in [2.75, 3.05) is 55.1 Å². The summed E-state index contributed by atoms with van der Waals surface area (Å²) in [5.74, 6) is -0.685. The van der Waals surface area contributed by atoms with Crippen LogP contribution in [0.1, 0.15) is 25.8 Å². The molecule has 38 heavy (non-hydrogen) atoms. The van der Waals surface area contributed by atoms with Gasteiger partial charge in [-0.25, -0.2) is 18.7 Å². The minimum absolute atomic E-state index is 0.0658. The molecule has 1 aromatic heterocycles. The molecule has 2 aliphatic rings. The molecular formula is C26H32F2N8O2. The number of likely N-dealkylation sites (tertiary alicyclic amines) is 1. The number of ether oxygens (including phenoxy) is 1. The molecule has 2 saturated heterocycles. The minimum Gasteiger partial charge on any atom is -0.494 e. The third kappa shape index (κ3) is 5.01. The maximum atomic E-state index is 14.0. The highest BCUT2D eigenvalue weighted by Gasteiger charge is 2.40. The lowest BCUT2D eigenvalue weighted by Crippen LogP contribution is -2.35. The van der Waals surface area contributed by atoms with Gasteiger partial charge < -0.3 is 36.0 Å². The fourth-order valence-corrected chi connectivity index (χ4v) is 5.39. The Morgan fingerprint density at radius 1 is 1.05 bits per heavy atom.